The number of halogens is 2. The van der Waals surface area contributed by atoms with Crippen LogP contribution in [0.3, 0.4) is 0 Å². The maximum atomic E-state index is 13.8. The van der Waals surface area contributed by atoms with E-state index in [1.54, 1.807) is 10.8 Å². The van der Waals surface area contributed by atoms with Gasteiger partial charge in [-0.15, -0.1) is 10.2 Å². The Morgan fingerprint density at radius 3 is 2.73 bits per heavy atom. The highest BCUT2D eigenvalue weighted by Gasteiger charge is 2.51. The van der Waals surface area contributed by atoms with E-state index in [9.17, 15) is 8.78 Å². The molecule has 0 aliphatic carbocycles. The van der Waals surface area contributed by atoms with Gasteiger partial charge in [0.15, 0.2) is 11.7 Å². The number of nitrogens with two attached hydrogens (primary N) is 1. The summed E-state index contributed by atoms with van der Waals surface area (Å²) in [7, 11) is 0. The molecule has 0 saturated carbocycles. The molecule has 0 amide bonds. The van der Waals surface area contributed by atoms with Gasteiger partial charge in [-0.25, -0.2) is 18.8 Å². The summed E-state index contributed by atoms with van der Waals surface area (Å²) in [5.41, 5.74) is 6.69. The first-order valence-electron chi connectivity index (χ1n) is 10.8. The Morgan fingerprint density at radius 1 is 1.27 bits per heavy atom. The molecule has 2 aliphatic heterocycles. The standard InChI is InChI=1S/C23H24F2N8/c1-4-23-6-5-8-32(23)21(19(13-26)33-15(3)29-30-22(23)33)28-14(2)31-9-7-27-20(31)16-10-17(24)12-18(25)11-16/h7,9-13H,2,4-6,8,26H2,1,3H3/b19-13+,28-21?/t23-/m0/s1. The van der Waals surface area contributed by atoms with Crippen molar-refractivity contribution < 1.29 is 8.78 Å². The molecule has 170 valence electrons. The monoisotopic (exact) mass is 450 g/mol. The molecule has 1 atom stereocenters. The zero-order valence-electron chi connectivity index (χ0n) is 18.5. The van der Waals surface area contributed by atoms with Crippen LogP contribution in [0.1, 0.15) is 37.8 Å². The first-order valence-corrected chi connectivity index (χ1v) is 10.8. The fraction of sp³-hybridized carbons (Fsp3) is 0.304. The second-order valence-corrected chi connectivity index (χ2v) is 8.23. The smallest absolute Gasteiger partial charge is 0.163 e. The van der Waals surface area contributed by atoms with Crippen molar-refractivity contribution in [3.63, 3.8) is 0 Å². The molecule has 0 spiro atoms. The summed E-state index contributed by atoms with van der Waals surface area (Å²) in [6, 6.07) is 3.27. The highest BCUT2D eigenvalue weighted by molar-refractivity contribution is 6.19. The van der Waals surface area contributed by atoms with E-state index in [4.69, 9.17) is 10.7 Å². The van der Waals surface area contributed by atoms with E-state index in [2.05, 4.69) is 33.6 Å². The number of hydrogen-bond donors (Lipinski definition) is 1. The van der Waals surface area contributed by atoms with E-state index in [-0.39, 0.29) is 11.1 Å². The molecule has 0 unspecified atom stereocenters. The van der Waals surface area contributed by atoms with Gasteiger partial charge in [0.1, 0.15) is 40.3 Å². The Balaban J connectivity index is 1.64. The average molecular weight is 450 g/mol. The van der Waals surface area contributed by atoms with E-state index in [0.717, 1.165) is 43.5 Å². The number of fused-ring (bicyclic) bond motifs is 3. The number of aromatic nitrogens is 5. The van der Waals surface area contributed by atoms with Crippen molar-refractivity contribution in [3.8, 4) is 11.4 Å². The van der Waals surface area contributed by atoms with Gasteiger partial charge in [-0.05, 0) is 38.3 Å². The molecule has 1 saturated heterocycles. The highest BCUT2D eigenvalue weighted by Crippen LogP contribution is 2.46. The second-order valence-electron chi connectivity index (χ2n) is 8.23. The van der Waals surface area contributed by atoms with Crippen LogP contribution < -0.4 is 5.73 Å². The maximum absolute atomic E-state index is 13.8. The Labute approximate surface area is 189 Å². The van der Waals surface area contributed by atoms with Gasteiger partial charge in [-0.2, -0.15) is 0 Å². The van der Waals surface area contributed by atoms with Crippen molar-refractivity contribution in [2.75, 3.05) is 6.54 Å². The molecule has 0 bridgehead atoms. The lowest BCUT2D eigenvalue weighted by molar-refractivity contribution is 0.199. The molecule has 1 fully saturated rings. The number of hydrogen-bond acceptors (Lipinski definition) is 5. The summed E-state index contributed by atoms with van der Waals surface area (Å²) < 4.78 is 31.2. The average Bonchev–Trinajstić information content (AvgIpc) is 3.52. The Hall–Kier alpha value is -3.82. The van der Waals surface area contributed by atoms with Crippen LogP contribution in [0, 0.1) is 18.6 Å². The largest absolute Gasteiger partial charge is 0.403 e. The van der Waals surface area contributed by atoms with Gasteiger partial charge >= 0.3 is 0 Å². The van der Waals surface area contributed by atoms with Crippen LogP contribution in [-0.2, 0) is 5.54 Å². The lowest BCUT2D eigenvalue weighted by atomic mass is 9.89. The third-order valence-corrected chi connectivity index (χ3v) is 6.47. The minimum Gasteiger partial charge on any atom is -0.403 e. The van der Waals surface area contributed by atoms with Crippen LogP contribution in [0.4, 0.5) is 8.78 Å². The van der Waals surface area contributed by atoms with Crippen molar-refractivity contribution in [1.29, 1.82) is 0 Å². The van der Waals surface area contributed by atoms with Crippen molar-refractivity contribution in [3.05, 3.63) is 66.7 Å². The predicted molar refractivity (Wildman–Crippen MR) is 121 cm³/mol. The minimum atomic E-state index is -0.683. The van der Waals surface area contributed by atoms with Gasteiger partial charge in [-0.3, -0.25) is 9.13 Å². The summed E-state index contributed by atoms with van der Waals surface area (Å²) in [6.45, 7) is 8.93. The molecule has 3 aromatic rings. The molecule has 33 heavy (non-hydrogen) atoms. The van der Waals surface area contributed by atoms with Crippen molar-refractivity contribution in [2.24, 2.45) is 10.7 Å². The predicted octanol–water partition coefficient (Wildman–Crippen LogP) is 3.73. The molecular weight excluding hydrogens is 426 g/mol. The molecule has 10 heteroatoms. The Kier molecular flexibility index (Phi) is 4.88. The molecule has 8 nitrogen and oxygen atoms in total. The fourth-order valence-corrected chi connectivity index (χ4v) is 4.99. The topological polar surface area (TPSA) is 90.1 Å². The molecule has 4 heterocycles. The van der Waals surface area contributed by atoms with Gasteiger partial charge in [0.2, 0.25) is 0 Å². The SMILES string of the molecule is C=C(N=C1/C(=C\N)n2c(C)nnc2[C@]2(CC)CCCN12)n1ccnc1-c1cc(F)cc(F)c1. The summed E-state index contributed by atoms with van der Waals surface area (Å²) >= 11 is 0. The minimum absolute atomic E-state index is 0.290. The van der Waals surface area contributed by atoms with Crippen molar-refractivity contribution in [1.82, 2.24) is 29.2 Å². The van der Waals surface area contributed by atoms with Crippen LogP contribution in [-0.4, -0.2) is 41.6 Å². The number of benzene rings is 1. The van der Waals surface area contributed by atoms with Crippen molar-refractivity contribution >= 4 is 17.4 Å². The molecule has 2 N–H and O–H groups in total. The van der Waals surface area contributed by atoms with E-state index < -0.39 is 11.6 Å². The van der Waals surface area contributed by atoms with E-state index in [0.29, 0.717) is 23.2 Å². The number of aryl methyl sites for hydroxylation is 1. The number of nitrogens with zero attached hydrogens (tertiary/aromatic N) is 7. The zero-order chi connectivity index (χ0) is 23.3. The maximum Gasteiger partial charge on any atom is 0.163 e. The van der Waals surface area contributed by atoms with E-state index in [1.807, 2.05) is 11.5 Å². The van der Waals surface area contributed by atoms with E-state index in [1.165, 1.54) is 24.5 Å². The summed E-state index contributed by atoms with van der Waals surface area (Å²) in [5.74, 6) is 1.55. The lowest BCUT2D eigenvalue weighted by Crippen LogP contribution is -2.51. The van der Waals surface area contributed by atoms with Gasteiger partial charge in [0, 0.05) is 36.8 Å². The third kappa shape index (κ3) is 3.08. The van der Waals surface area contributed by atoms with Crippen LogP contribution in [0.25, 0.3) is 22.9 Å². The number of rotatable bonds is 4. The van der Waals surface area contributed by atoms with Crippen LogP contribution >= 0.6 is 0 Å². The second kappa shape index (κ2) is 7.65. The molecule has 0 radical (unpaired) electrons. The summed E-state index contributed by atoms with van der Waals surface area (Å²) in [6.07, 6.45) is 7.42. The van der Waals surface area contributed by atoms with Crippen LogP contribution in [0.2, 0.25) is 0 Å². The van der Waals surface area contributed by atoms with Gasteiger partial charge in [-0.1, -0.05) is 13.5 Å². The Morgan fingerprint density at radius 2 is 2.03 bits per heavy atom. The Bertz CT molecular complexity index is 1300. The molecular formula is C23H24F2N8. The molecule has 2 aliphatic rings. The van der Waals surface area contributed by atoms with Gasteiger partial charge < -0.3 is 10.6 Å². The normalized spacial score (nSPS) is 22.1. The molecule has 5 rings (SSSR count). The fourth-order valence-electron chi connectivity index (χ4n) is 4.99. The first-order chi connectivity index (χ1) is 15.9. The van der Waals surface area contributed by atoms with Crippen molar-refractivity contribution in [2.45, 2.75) is 38.6 Å². The molecule has 1 aromatic carbocycles. The van der Waals surface area contributed by atoms with Crippen LogP contribution in [0.5, 0.6) is 0 Å². The lowest BCUT2D eigenvalue weighted by Gasteiger charge is -2.44. The zero-order valence-corrected chi connectivity index (χ0v) is 18.5. The number of imidazole rings is 1. The highest BCUT2D eigenvalue weighted by atomic mass is 19.1. The van der Waals surface area contributed by atoms with Crippen LogP contribution in [0.15, 0.2) is 48.4 Å². The van der Waals surface area contributed by atoms with E-state index >= 15 is 0 Å². The number of amidine groups is 1. The first kappa shape index (κ1) is 21.0. The quantitative estimate of drug-likeness (QED) is 0.654. The summed E-state index contributed by atoms with van der Waals surface area (Å²) in [5, 5.41) is 8.80. The number of aliphatic imine (C=N–C) groups is 1. The molecule has 2 aromatic heterocycles. The van der Waals surface area contributed by atoms with Gasteiger partial charge in [0.25, 0.3) is 0 Å². The summed E-state index contributed by atoms with van der Waals surface area (Å²) in [4.78, 5) is 11.4. The third-order valence-electron chi connectivity index (χ3n) is 6.47. The van der Waals surface area contributed by atoms with Gasteiger partial charge in [0.05, 0.1) is 0 Å².